The Balaban J connectivity index is 0.000000861. The summed E-state index contributed by atoms with van der Waals surface area (Å²) >= 11 is 0. The number of fused-ring (bicyclic) bond motifs is 1. The molecule has 0 atom stereocenters. The van der Waals surface area contributed by atoms with Gasteiger partial charge in [-0.1, -0.05) is 13.8 Å². The molecule has 0 saturated carbocycles. The van der Waals surface area contributed by atoms with Crippen LogP contribution in [0.4, 0.5) is 0 Å². The molecule has 0 aliphatic heterocycles. The number of aryl methyl sites for hydroxylation is 1. The average Bonchev–Trinajstić information content (AvgIpc) is 2.83. The third-order valence-electron chi connectivity index (χ3n) is 2.95. The summed E-state index contributed by atoms with van der Waals surface area (Å²) in [5.41, 5.74) is 3.15. The van der Waals surface area contributed by atoms with Crippen LogP contribution in [0.1, 0.15) is 31.4 Å². The zero-order valence-electron chi connectivity index (χ0n) is 12.3. The van der Waals surface area contributed by atoms with Crippen LogP contribution in [0, 0.1) is 11.3 Å². The summed E-state index contributed by atoms with van der Waals surface area (Å²) in [6, 6.07) is 7.98. The van der Waals surface area contributed by atoms with E-state index in [1.807, 2.05) is 32.0 Å². The average molecular weight is 257 g/mol. The Hall–Kier alpha value is -1.79. The zero-order valence-corrected chi connectivity index (χ0v) is 12.3. The first-order valence-electron chi connectivity index (χ1n) is 6.85. The number of nitrogens with zero attached hydrogens (tertiary/aromatic N) is 2. The Bertz CT molecular complexity index is 547. The minimum atomic E-state index is 0.728. The van der Waals surface area contributed by atoms with E-state index in [-0.39, 0.29) is 0 Å². The van der Waals surface area contributed by atoms with E-state index in [1.54, 1.807) is 0 Å². The van der Waals surface area contributed by atoms with E-state index in [4.69, 9.17) is 5.26 Å². The molecule has 1 N–H and O–H groups in total. The number of nitriles is 1. The smallest absolute Gasteiger partial charge is 0.0991 e. The quantitative estimate of drug-likeness (QED) is 0.910. The molecule has 0 unspecified atom stereocenters. The predicted molar refractivity (Wildman–Crippen MR) is 81.2 cm³/mol. The molecule has 2 rings (SSSR count). The van der Waals surface area contributed by atoms with E-state index in [9.17, 15) is 0 Å². The lowest BCUT2D eigenvalue weighted by Crippen LogP contribution is -2.13. The predicted octanol–water partition coefficient (Wildman–Crippen LogP) is 3.56. The van der Waals surface area contributed by atoms with Gasteiger partial charge in [-0.3, -0.25) is 0 Å². The number of hydrogen-bond acceptors (Lipinski definition) is 2. The molecule has 0 radical (unpaired) electrons. The van der Waals surface area contributed by atoms with Gasteiger partial charge in [-0.15, -0.1) is 0 Å². The van der Waals surface area contributed by atoms with Crippen LogP contribution in [0.15, 0.2) is 24.4 Å². The van der Waals surface area contributed by atoms with Crippen LogP contribution in [0.5, 0.6) is 0 Å². The molecule has 0 aliphatic rings. The summed E-state index contributed by atoms with van der Waals surface area (Å²) in [4.78, 5) is 5.44. The highest BCUT2D eigenvalue weighted by molar-refractivity contribution is 5.84. The maximum atomic E-state index is 8.91. The number of benzene rings is 1. The van der Waals surface area contributed by atoms with Gasteiger partial charge in [0, 0.05) is 17.1 Å². The summed E-state index contributed by atoms with van der Waals surface area (Å²) in [6.45, 7) is 5.09. The van der Waals surface area contributed by atoms with Crippen LogP contribution < -0.4 is 0 Å². The van der Waals surface area contributed by atoms with Crippen molar-refractivity contribution in [1.82, 2.24) is 9.88 Å². The molecule has 1 aromatic heterocycles. The number of nitrogens with one attached hydrogen (secondary N) is 1. The largest absolute Gasteiger partial charge is 0.361 e. The van der Waals surface area contributed by atoms with Crippen molar-refractivity contribution in [2.45, 2.75) is 26.7 Å². The molecule has 2 aromatic rings. The summed E-state index contributed by atoms with van der Waals surface area (Å²) in [5.74, 6) is 0. The van der Waals surface area contributed by atoms with Crippen LogP contribution in [0.2, 0.25) is 0 Å². The highest BCUT2D eigenvalue weighted by atomic mass is 15.0. The third kappa shape index (κ3) is 4.11. The Morgan fingerprint density at radius 3 is 2.63 bits per heavy atom. The normalized spacial score (nSPS) is 10.1. The molecule has 3 nitrogen and oxygen atoms in total. The molecule has 0 amide bonds. The Morgan fingerprint density at radius 1 is 1.26 bits per heavy atom. The van der Waals surface area contributed by atoms with Crippen LogP contribution in [-0.2, 0) is 6.42 Å². The van der Waals surface area contributed by atoms with Crippen LogP contribution in [0.25, 0.3) is 10.9 Å². The van der Waals surface area contributed by atoms with E-state index in [0.717, 1.165) is 30.5 Å². The van der Waals surface area contributed by atoms with Gasteiger partial charge in [0.2, 0.25) is 0 Å². The SMILES string of the molecule is CC.CN(C)CCCc1c[nH]c2ccc(C#N)cc12. The van der Waals surface area contributed by atoms with Gasteiger partial charge < -0.3 is 9.88 Å². The second kappa shape index (κ2) is 7.60. The maximum absolute atomic E-state index is 8.91. The standard InChI is InChI=1S/C14H17N3.C2H6/c1-17(2)7-3-4-12-10-16-14-6-5-11(9-15)8-13(12)14;1-2/h5-6,8,10,16H,3-4,7H2,1-2H3;1-2H3. The van der Waals surface area contributed by atoms with Gasteiger partial charge in [0.25, 0.3) is 0 Å². The summed E-state index contributed by atoms with van der Waals surface area (Å²) in [5, 5.41) is 10.1. The lowest BCUT2D eigenvalue weighted by Gasteiger charge is -2.08. The third-order valence-corrected chi connectivity index (χ3v) is 2.95. The van der Waals surface area contributed by atoms with Crippen LogP contribution >= 0.6 is 0 Å². The van der Waals surface area contributed by atoms with Crippen molar-refractivity contribution in [3.63, 3.8) is 0 Å². The van der Waals surface area contributed by atoms with Crippen molar-refractivity contribution < 1.29 is 0 Å². The number of aromatic amines is 1. The second-order valence-electron chi connectivity index (χ2n) is 4.59. The minimum Gasteiger partial charge on any atom is -0.361 e. The van der Waals surface area contributed by atoms with Crippen molar-refractivity contribution in [1.29, 1.82) is 5.26 Å². The van der Waals surface area contributed by atoms with Crippen molar-refractivity contribution in [2.75, 3.05) is 20.6 Å². The van der Waals surface area contributed by atoms with Crippen molar-refractivity contribution in [2.24, 2.45) is 0 Å². The molecule has 102 valence electrons. The van der Waals surface area contributed by atoms with E-state index >= 15 is 0 Å². The molecule has 0 aliphatic carbocycles. The molecule has 1 aromatic carbocycles. The molecular formula is C16H23N3. The Labute approximate surface area is 115 Å². The molecule has 0 fully saturated rings. The van der Waals surface area contributed by atoms with E-state index in [0.29, 0.717) is 0 Å². The summed E-state index contributed by atoms with van der Waals surface area (Å²) < 4.78 is 0. The molecular weight excluding hydrogens is 234 g/mol. The van der Waals surface area contributed by atoms with Gasteiger partial charge in [-0.05, 0) is 57.2 Å². The van der Waals surface area contributed by atoms with Gasteiger partial charge in [0.1, 0.15) is 0 Å². The highest BCUT2D eigenvalue weighted by Gasteiger charge is 2.04. The maximum Gasteiger partial charge on any atom is 0.0991 e. The number of rotatable bonds is 4. The number of aromatic nitrogens is 1. The molecule has 19 heavy (non-hydrogen) atoms. The molecule has 0 saturated heterocycles. The fraction of sp³-hybridized carbons (Fsp3) is 0.438. The minimum absolute atomic E-state index is 0.728. The second-order valence-corrected chi connectivity index (χ2v) is 4.59. The molecule has 3 heteroatoms. The van der Waals surface area contributed by atoms with Crippen molar-refractivity contribution >= 4 is 10.9 Å². The summed E-state index contributed by atoms with van der Waals surface area (Å²) in [7, 11) is 4.17. The highest BCUT2D eigenvalue weighted by Crippen LogP contribution is 2.20. The zero-order chi connectivity index (χ0) is 14.3. The van der Waals surface area contributed by atoms with Gasteiger partial charge in [0.05, 0.1) is 11.6 Å². The topological polar surface area (TPSA) is 42.8 Å². The lowest BCUT2D eigenvalue weighted by atomic mass is 10.1. The molecule has 1 heterocycles. The first kappa shape index (κ1) is 15.3. The van der Waals surface area contributed by atoms with Crippen LogP contribution in [0.3, 0.4) is 0 Å². The van der Waals surface area contributed by atoms with E-state index < -0.39 is 0 Å². The van der Waals surface area contributed by atoms with Crippen LogP contribution in [-0.4, -0.2) is 30.5 Å². The Morgan fingerprint density at radius 2 is 2.00 bits per heavy atom. The van der Waals surface area contributed by atoms with E-state index in [1.165, 1.54) is 10.9 Å². The van der Waals surface area contributed by atoms with Crippen molar-refractivity contribution in [3.05, 3.63) is 35.5 Å². The Kier molecular flexibility index (Phi) is 6.11. The number of hydrogen-bond donors (Lipinski definition) is 1. The monoisotopic (exact) mass is 257 g/mol. The first-order valence-corrected chi connectivity index (χ1v) is 6.85. The van der Waals surface area contributed by atoms with Gasteiger partial charge >= 0.3 is 0 Å². The first-order chi connectivity index (χ1) is 9.20. The fourth-order valence-electron chi connectivity index (χ4n) is 2.04. The molecule has 0 spiro atoms. The fourth-order valence-corrected chi connectivity index (χ4v) is 2.04. The van der Waals surface area contributed by atoms with Gasteiger partial charge in [-0.25, -0.2) is 0 Å². The van der Waals surface area contributed by atoms with Gasteiger partial charge in [0.15, 0.2) is 0 Å². The number of H-pyrrole nitrogens is 1. The molecule has 0 bridgehead atoms. The van der Waals surface area contributed by atoms with Gasteiger partial charge in [-0.2, -0.15) is 5.26 Å². The van der Waals surface area contributed by atoms with Crippen molar-refractivity contribution in [3.8, 4) is 6.07 Å². The lowest BCUT2D eigenvalue weighted by molar-refractivity contribution is 0.400. The van der Waals surface area contributed by atoms with E-state index in [2.05, 4.69) is 36.2 Å². The summed E-state index contributed by atoms with van der Waals surface area (Å²) in [6.07, 6.45) is 4.24.